The summed E-state index contributed by atoms with van der Waals surface area (Å²) in [5.74, 6) is 1.94. The molecule has 1 aromatic heterocycles. The number of aromatic nitrogens is 2. The zero-order valence-corrected chi connectivity index (χ0v) is 14.9. The summed E-state index contributed by atoms with van der Waals surface area (Å²) >= 11 is 0. The maximum absolute atomic E-state index is 12.3. The molecule has 3 heterocycles. The molecule has 2 aliphatic rings. The van der Waals surface area contributed by atoms with E-state index in [4.69, 9.17) is 9.47 Å². The Kier molecular flexibility index (Phi) is 4.14. The van der Waals surface area contributed by atoms with Crippen LogP contribution in [0.15, 0.2) is 36.7 Å². The molecule has 26 heavy (non-hydrogen) atoms. The van der Waals surface area contributed by atoms with Crippen molar-refractivity contribution in [3.63, 3.8) is 0 Å². The topological polar surface area (TPSA) is 76.6 Å². The summed E-state index contributed by atoms with van der Waals surface area (Å²) in [5.41, 5.74) is 0.887. The van der Waals surface area contributed by atoms with Gasteiger partial charge in [0.15, 0.2) is 18.1 Å². The van der Waals surface area contributed by atoms with Gasteiger partial charge in [0.25, 0.3) is 5.91 Å². The van der Waals surface area contributed by atoms with Gasteiger partial charge in [-0.25, -0.2) is 9.97 Å². The van der Waals surface area contributed by atoms with Crippen LogP contribution in [-0.4, -0.2) is 52.1 Å². The van der Waals surface area contributed by atoms with Gasteiger partial charge in [0, 0.05) is 37.5 Å². The molecule has 136 valence electrons. The zero-order chi connectivity index (χ0) is 18.1. The Morgan fingerprint density at radius 2 is 2.08 bits per heavy atom. The Morgan fingerprint density at radius 3 is 2.85 bits per heavy atom. The van der Waals surface area contributed by atoms with E-state index in [-0.39, 0.29) is 24.2 Å². The minimum absolute atomic E-state index is 0.00873. The molecule has 1 saturated heterocycles. The second-order valence-corrected chi connectivity index (χ2v) is 7.28. The highest BCUT2D eigenvalue weighted by molar-refractivity contribution is 5.79. The lowest BCUT2D eigenvalue weighted by molar-refractivity contribution is -0.137. The number of hydrogen-bond donors (Lipinski definition) is 1. The molecule has 0 saturated carbocycles. The number of hydrogen-bond acceptors (Lipinski definition) is 6. The fourth-order valence-corrected chi connectivity index (χ4v) is 3.26. The molecule has 0 bridgehead atoms. The highest BCUT2D eigenvalue weighted by atomic mass is 16.5. The van der Waals surface area contributed by atoms with Crippen LogP contribution < -0.4 is 14.8 Å². The van der Waals surface area contributed by atoms with Crippen LogP contribution in [0, 0.1) is 0 Å². The van der Waals surface area contributed by atoms with Crippen molar-refractivity contribution in [2.24, 2.45) is 0 Å². The molecule has 2 aromatic rings. The molecule has 0 radical (unpaired) electrons. The third-order valence-electron chi connectivity index (χ3n) is 4.54. The van der Waals surface area contributed by atoms with E-state index >= 15 is 0 Å². The van der Waals surface area contributed by atoms with Gasteiger partial charge in [0.05, 0.1) is 6.04 Å². The second kappa shape index (κ2) is 6.48. The Bertz CT molecular complexity index is 804. The van der Waals surface area contributed by atoms with Crippen LogP contribution in [0.2, 0.25) is 0 Å². The van der Waals surface area contributed by atoms with Crippen LogP contribution in [0.1, 0.15) is 19.4 Å². The number of likely N-dealkylation sites (tertiary alicyclic amines) is 1. The van der Waals surface area contributed by atoms with Crippen molar-refractivity contribution in [2.75, 3.05) is 25.0 Å². The molecule has 1 fully saturated rings. The Labute approximate surface area is 152 Å². The van der Waals surface area contributed by atoms with Crippen molar-refractivity contribution in [3.8, 4) is 11.5 Å². The lowest BCUT2D eigenvalue weighted by Gasteiger charge is -2.39. The molecule has 7 heteroatoms. The SMILES string of the molecule is CC1(C)Cc2cccc(OCC(=O)N3CC(Nc4ncccn4)C3)c2O1. The number of amides is 1. The van der Waals surface area contributed by atoms with E-state index in [0.717, 1.165) is 17.7 Å². The lowest BCUT2D eigenvalue weighted by Crippen LogP contribution is -2.58. The average molecular weight is 354 g/mol. The summed E-state index contributed by atoms with van der Waals surface area (Å²) in [6, 6.07) is 7.76. The van der Waals surface area contributed by atoms with Crippen molar-refractivity contribution in [2.45, 2.75) is 31.9 Å². The fraction of sp³-hybridized carbons (Fsp3) is 0.421. The van der Waals surface area contributed by atoms with Gasteiger partial charge < -0.3 is 19.7 Å². The van der Waals surface area contributed by atoms with E-state index in [1.54, 1.807) is 23.4 Å². The van der Waals surface area contributed by atoms with Crippen LogP contribution in [0.3, 0.4) is 0 Å². The zero-order valence-electron chi connectivity index (χ0n) is 14.9. The number of rotatable bonds is 5. The first-order valence-corrected chi connectivity index (χ1v) is 8.75. The van der Waals surface area contributed by atoms with E-state index in [1.165, 1.54) is 0 Å². The maximum atomic E-state index is 12.3. The van der Waals surface area contributed by atoms with E-state index < -0.39 is 0 Å². The van der Waals surface area contributed by atoms with Gasteiger partial charge in [-0.15, -0.1) is 0 Å². The van der Waals surface area contributed by atoms with Gasteiger partial charge in [0.2, 0.25) is 5.95 Å². The first-order valence-electron chi connectivity index (χ1n) is 8.75. The minimum atomic E-state index is -0.234. The second-order valence-electron chi connectivity index (χ2n) is 7.28. The molecule has 0 atom stereocenters. The van der Waals surface area contributed by atoms with Crippen LogP contribution in [-0.2, 0) is 11.2 Å². The van der Waals surface area contributed by atoms with Gasteiger partial charge in [-0.05, 0) is 26.0 Å². The normalized spacial score (nSPS) is 17.8. The predicted octanol–water partition coefficient (Wildman–Crippen LogP) is 1.89. The lowest BCUT2D eigenvalue weighted by atomic mass is 10.0. The standard InChI is InChI=1S/C19H22N4O3/c1-19(2)9-13-5-3-6-15(17(13)26-19)25-12-16(24)23-10-14(11-23)22-18-20-7-4-8-21-18/h3-8,14H,9-12H2,1-2H3,(H,20,21,22). The number of anilines is 1. The maximum Gasteiger partial charge on any atom is 0.260 e. The Hall–Kier alpha value is -2.83. The average Bonchev–Trinajstić information content (AvgIpc) is 2.91. The number of ether oxygens (including phenoxy) is 2. The van der Waals surface area contributed by atoms with Gasteiger partial charge in [-0.3, -0.25) is 4.79 Å². The summed E-state index contributed by atoms with van der Waals surface area (Å²) in [7, 11) is 0. The molecule has 0 unspecified atom stereocenters. The van der Waals surface area contributed by atoms with Gasteiger partial charge in [0.1, 0.15) is 5.60 Å². The fourth-order valence-electron chi connectivity index (χ4n) is 3.26. The first kappa shape index (κ1) is 16.6. The summed E-state index contributed by atoms with van der Waals surface area (Å²) in [6.07, 6.45) is 4.22. The smallest absolute Gasteiger partial charge is 0.260 e. The van der Waals surface area contributed by atoms with Crippen molar-refractivity contribution < 1.29 is 14.3 Å². The van der Waals surface area contributed by atoms with Gasteiger partial charge in [-0.1, -0.05) is 12.1 Å². The molecule has 1 aromatic carbocycles. The van der Waals surface area contributed by atoms with E-state index in [0.29, 0.717) is 24.8 Å². The summed E-state index contributed by atoms with van der Waals surface area (Å²) < 4.78 is 11.7. The predicted molar refractivity (Wildman–Crippen MR) is 96.4 cm³/mol. The summed E-state index contributed by atoms with van der Waals surface area (Å²) in [5, 5.41) is 3.20. The molecule has 2 aliphatic heterocycles. The largest absolute Gasteiger partial charge is 0.483 e. The Morgan fingerprint density at radius 1 is 1.31 bits per heavy atom. The first-order chi connectivity index (χ1) is 12.5. The number of fused-ring (bicyclic) bond motifs is 1. The molecule has 1 N–H and O–H groups in total. The number of nitrogens with zero attached hydrogens (tertiary/aromatic N) is 3. The van der Waals surface area contributed by atoms with E-state index in [9.17, 15) is 4.79 Å². The molecular weight excluding hydrogens is 332 g/mol. The minimum Gasteiger partial charge on any atom is -0.483 e. The molecule has 4 rings (SSSR count). The molecular formula is C19H22N4O3. The molecule has 0 aliphatic carbocycles. The Balaban J connectivity index is 1.28. The molecule has 0 spiro atoms. The van der Waals surface area contributed by atoms with Crippen molar-refractivity contribution in [1.29, 1.82) is 0 Å². The third-order valence-corrected chi connectivity index (χ3v) is 4.54. The monoisotopic (exact) mass is 354 g/mol. The quantitative estimate of drug-likeness (QED) is 0.884. The van der Waals surface area contributed by atoms with Crippen molar-refractivity contribution in [3.05, 3.63) is 42.2 Å². The van der Waals surface area contributed by atoms with Crippen molar-refractivity contribution in [1.82, 2.24) is 14.9 Å². The van der Waals surface area contributed by atoms with Crippen molar-refractivity contribution >= 4 is 11.9 Å². The van der Waals surface area contributed by atoms with E-state index in [2.05, 4.69) is 15.3 Å². The van der Waals surface area contributed by atoms with E-state index in [1.807, 2.05) is 32.0 Å². The van der Waals surface area contributed by atoms with Crippen LogP contribution in [0.5, 0.6) is 11.5 Å². The number of carbonyl (C=O) groups is 1. The summed E-state index contributed by atoms with van der Waals surface area (Å²) in [6.45, 7) is 5.35. The number of benzene rings is 1. The third kappa shape index (κ3) is 3.42. The van der Waals surface area contributed by atoms with Gasteiger partial charge >= 0.3 is 0 Å². The number of nitrogens with one attached hydrogen (secondary N) is 1. The molecule has 1 amide bonds. The molecule has 7 nitrogen and oxygen atoms in total. The highest BCUT2D eigenvalue weighted by Gasteiger charge is 2.34. The van der Waals surface area contributed by atoms with Crippen LogP contribution in [0.4, 0.5) is 5.95 Å². The number of carbonyl (C=O) groups excluding carboxylic acids is 1. The van der Waals surface area contributed by atoms with Gasteiger partial charge in [-0.2, -0.15) is 0 Å². The summed E-state index contributed by atoms with van der Waals surface area (Å²) in [4.78, 5) is 22.3. The van der Waals surface area contributed by atoms with Crippen LogP contribution in [0.25, 0.3) is 0 Å². The highest BCUT2D eigenvalue weighted by Crippen LogP contribution is 2.41. The van der Waals surface area contributed by atoms with Crippen LogP contribution >= 0.6 is 0 Å². The number of para-hydroxylation sites is 1.